The molecule has 0 saturated heterocycles. The third-order valence-electron chi connectivity index (χ3n) is 3.57. The molecule has 0 amide bonds. The first kappa shape index (κ1) is 27.9. The van der Waals surface area contributed by atoms with Gasteiger partial charge < -0.3 is 0 Å². The molecule has 0 aliphatic carbocycles. The van der Waals surface area contributed by atoms with Gasteiger partial charge in [-0.25, -0.2) is 0 Å². The van der Waals surface area contributed by atoms with Crippen molar-refractivity contribution in [3.05, 3.63) is 0 Å². The first-order chi connectivity index (χ1) is 12.3. The summed E-state index contributed by atoms with van der Waals surface area (Å²) in [5.74, 6) is -46.7. The highest BCUT2D eigenvalue weighted by molar-refractivity contribution is 7.87. The van der Waals surface area contributed by atoms with Crippen LogP contribution >= 0.6 is 0 Å². The van der Waals surface area contributed by atoms with Gasteiger partial charge in [0, 0.05) is 6.42 Å². The maximum atomic E-state index is 13.4. The van der Waals surface area contributed by atoms with Crippen LogP contribution in [0.4, 0.5) is 61.5 Å². The Bertz CT molecular complexity index is 700. The predicted molar refractivity (Wildman–Crippen MR) is 65.7 cm³/mol. The normalized spacial score (nSPS) is 16.3. The Kier molecular flexibility index (Phi) is 7.00. The van der Waals surface area contributed by atoms with Crippen molar-refractivity contribution in [2.75, 3.05) is 0 Å². The molecule has 0 atom stereocenters. The molecule has 0 bridgehead atoms. The molecular weight excluding hydrogens is 478 g/mol. The van der Waals surface area contributed by atoms with Crippen molar-refractivity contribution >= 4 is 10.1 Å². The van der Waals surface area contributed by atoms with Gasteiger partial charge in [0.2, 0.25) is 0 Å². The maximum absolute atomic E-state index is 13.4. The minimum atomic E-state index is -8.38. The van der Waals surface area contributed by atoms with Crippen LogP contribution in [0.15, 0.2) is 0 Å². The smallest absolute Gasteiger partial charge is 0.281 e. The maximum Gasteiger partial charge on any atom is 0.438 e. The third-order valence-corrected chi connectivity index (χ3v) is 4.47. The Balaban J connectivity index is 6.65. The number of hydrogen-bond donors (Lipinski definition) is 1. The van der Waals surface area contributed by atoms with Crippen LogP contribution in [0.1, 0.15) is 26.2 Å². The lowest BCUT2D eigenvalue weighted by molar-refractivity contribution is -0.436. The molecule has 176 valence electrons. The second-order valence-electron chi connectivity index (χ2n) is 5.67. The van der Waals surface area contributed by atoms with E-state index in [4.69, 9.17) is 4.55 Å². The number of rotatable bonds is 10. The van der Waals surface area contributed by atoms with E-state index in [2.05, 4.69) is 0 Å². The Morgan fingerprint density at radius 2 is 0.931 bits per heavy atom. The zero-order valence-corrected chi connectivity index (χ0v) is 14.4. The van der Waals surface area contributed by atoms with Gasteiger partial charge in [0.05, 0.1) is 0 Å². The van der Waals surface area contributed by atoms with Crippen LogP contribution in [-0.4, -0.2) is 53.8 Å². The van der Waals surface area contributed by atoms with Crippen LogP contribution in [0, 0.1) is 0 Å². The van der Waals surface area contributed by atoms with E-state index in [0.29, 0.717) is 0 Å². The fourth-order valence-corrected chi connectivity index (χ4v) is 2.17. The molecule has 0 aromatic rings. The Labute approximate surface area is 152 Å². The second kappa shape index (κ2) is 7.26. The molecule has 0 aliphatic rings. The quantitative estimate of drug-likeness (QED) is 0.328. The fourth-order valence-electron chi connectivity index (χ4n) is 1.72. The van der Waals surface area contributed by atoms with E-state index in [-0.39, 0.29) is 0 Å². The Hall–Kier alpha value is -1.07. The highest BCUT2D eigenvalue weighted by Crippen LogP contribution is 2.63. The van der Waals surface area contributed by atoms with E-state index >= 15 is 0 Å². The second-order valence-corrected chi connectivity index (χ2v) is 7.13. The first-order valence-corrected chi connectivity index (χ1v) is 8.37. The van der Waals surface area contributed by atoms with Crippen LogP contribution in [0.3, 0.4) is 0 Å². The van der Waals surface area contributed by atoms with Crippen LogP contribution in [0.5, 0.6) is 0 Å². The van der Waals surface area contributed by atoms with Gasteiger partial charge in [-0.05, 0) is 6.42 Å². The fraction of sp³-hybridized carbons (Fsp3) is 1.00. The lowest BCUT2D eigenvalue weighted by Gasteiger charge is -2.42. The molecule has 0 unspecified atom stereocenters. The minimum absolute atomic E-state index is 0.428. The summed E-state index contributed by atoms with van der Waals surface area (Å²) in [6, 6.07) is 0. The number of alkyl halides is 14. The van der Waals surface area contributed by atoms with Crippen LogP contribution in [0.25, 0.3) is 0 Å². The predicted octanol–water partition coefficient (Wildman–Crippen LogP) is 5.47. The summed E-state index contributed by atoms with van der Waals surface area (Å²) in [7, 11) is -7.70. The third kappa shape index (κ3) is 3.74. The Morgan fingerprint density at radius 3 is 1.24 bits per heavy atom. The number of halogens is 14. The van der Waals surface area contributed by atoms with Gasteiger partial charge in [0.1, 0.15) is 0 Å². The standard InChI is InChI=1S/C11H10F14O3S/c1-2-3-4-5(12,13)6(14,15)7(16,17)8(18,19)9(20,21)10(22,23)11(24,25)29(26,27)28/h2-4H2,1H3,(H,26,27,28). The van der Waals surface area contributed by atoms with Gasteiger partial charge in [-0.3, -0.25) is 4.55 Å². The van der Waals surface area contributed by atoms with Crippen molar-refractivity contribution in [3.63, 3.8) is 0 Å². The van der Waals surface area contributed by atoms with E-state index < -0.39 is 70.2 Å². The molecule has 0 radical (unpaired) electrons. The largest absolute Gasteiger partial charge is 0.438 e. The highest BCUT2D eigenvalue weighted by Gasteiger charge is 2.94. The van der Waals surface area contributed by atoms with Crippen molar-refractivity contribution in [3.8, 4) is 0 Å². The van der Waals surface area contributed by atoms with Gasteiger partial charge in [-0.1, -0.05) is 13.3 Å². The van der Waals surface area contributed by atoms with E-state index in [9.17, 15) is 69.9 Å². The summed E-state index contributed by atoms with van der Waals surface area (Å²) in [5, 5.41) is -7.61. The number of unbranched alkanes of at least 4 members (excludes halogenated alkanes) is 1. The van der Waals surface area contributed by atoms with Gasteiger partial charge in [0.15, 0.2) is 0 Å². The molecule has 0 aromatic heterocycles. The molecule has 0 aromatic carbocycles. The summed E-state index contributed by atoms with van der Waals surface area (Å²) in [6.07, 6.45) is -3.80. The van der Waals surface area contributed by atoms with Crippen molar-refractivity contribution in [2.24, 2.45) is 0 Å². The number of hydrogen-bond acceptors (Lipinski definition) is 2. The SMILES string of the molecule is CCCCC(F)(F)C(F)(F)C(F)(F)C(F)(F)C(F)(F)C(F)(F)C(F)(F)S(=O)(=O)O. The van der Waals surface area contributed by atoms with E-state index in [0.717, 1.165) is 6.92 Å². The summed E-state index contributed by atoms with van der Waals surface area (Å²) in [4.78, 5) is 0. The van der Waals surface area contributed by atoms with Crippen LogP contribution in [0.2, 0.25) is 0 Å². The average Bonchev–Trinajstić information content (AvgIpc) is 2.50. The summed E-state index contributed by atoms with van der Waals surface area (Å²) >= 11 is 0. The molecule has 0 aliphatic heterocycles. The lowest BCUT2D eigenvalue weighted by Crippen LogP contribution is -2.73. The van der Waals surface area contributed by atoms with Crippen molar-refractivity contribution in [2.45, 2.75) is 67.0 Å². The van der Waals surface area contributed by atoms with Gasteiger partial charge in [0.25, 0.3) is 0 Å². The molecule has 29 heavy (non-hydrogen) atoms. The molecule has 0 spiro atoms. The molecule has 18 heteroatoms. The van der Waals surface area contributed by atoms with Crippen LogP contribution < -0.4 is 0 Å². The van der Waals surface area contributed by atoms with Gasteiger partial charge in [-0.2, -0.15) is 69.9 Å². The monoisotopic (exact) mass is 488 g/mol. The van der Waals surface area contributed by atoms with E-state index in [1.165, 1.54) is 0 Å². The summed E-state index contributed by atoms with van der Waals surface area (Å²) < 4.78 is 213. The van der Waals surface area contributed by atoms with E-state index in [1.807, 2.05) is 0 Å². The summed E-state index contributed by atoms with van der Waals surface area (Å²) in [6.45, 7) is 1.02. The minimum Gasteiger partial charge on any atom is -0.281 e. The zero-order chi connectivity index (χ0) is 24.1. The van der Waals surface area contributed by atoms with Gasteiger partial charge >= 0.3 is 50.9 Å². The van der Waals surface area contributed by atoms with Crippen molar-refractivity contribution in [1.82, 2.24) is 0 Å². The Morgan fingerprint density at radius 1 is 0.621 bits per heavy atom. The first-order valence-electron chi connectivity index (χ1n) is 6.93. The highest BCUT2D eigenvalue weighted by atomic mass is 32.2. The molecule has 0 rings (SSSR count). The molecule has 1 N–H and O–H groups in total. The van der Waals surface area contributed by atoms with Crippen molar-refractivity contribution < 1.29 is 74.4 Å². The van der Waals surface area contributed by atoms with E-state index in [1.54, 1.807) is 0 Å². The lowest BCUT2D eigenvalue weighted by atomic mass is 9.89. The topological polar surface area (TPSA) is 54.4 Å². The van der Waals surface area contributed by atoms with Crippen molar-refractivity contribution in [1.29, 1.82) is 0 Å². The van der Waals surface area contributed by atoms with Gasteiger partial charge in [-0.15, -0.1) is 0 Å². The van der Waals surface area contributed by atoms with Crippen LogP contribution in [-0.2, 0) is 10.1 Å². The molecule has 0 heterocycles. The zero-order valence-electron chi connectivity index (χ0n) is 13.6. The summed E-state index contributed by atoms with van der Waals surface area (Å²) in [5.41, 5.74) is 0. The molecular formula is C11H10F14O3S. The molecule has 0 fully saturated rings. The molecule has 0 saturated carbocycles. The average molecular weight is 488 g/mol. The molecule has 3 nitrogen and oxygen atoms in total.